The van der Waals surface area contributed by atoms with E-state index in [0.29, 0.717) is 6.42 Å². The molecule has 0 saturated carbocycles. The van der Waals surface area contributed by atoms with E-state index in [9.17, 15) is 4.57 Å². The minimum absolute atomic E-state index is 0.492. The Labute approximate surface area is 79.4 Å². The molecule has 0 fully saturated rings. The van der Waals surface area contributed by atoms with Gasteiger partial charge >= 0.3 is 7.60 Å². The van der Waals surface area contributed by atoms with Crippen LogP contribution in [0.3, 0.4) is 0 Å². The fourth-order valence-corrected chi connectivity index (χ4v) is 1.83. The summed E-state index contributed by atoms with van der Waals surface area (Å²) in [6, 6.07) is 0. The second-order valence-electron chi connectivity index (χ2n) is 3.34. The zero-order valence-corrected chi connectivity index (χ0v) is 9.07. The molecule has 0 bridgehead atoms. The summed E-state index contributed by atoms with van der Waals surface area (Å²) in [7, 11) is -0.110. The Balaban J connectivity index is 3.88. The van der Waals surface area contributed by atoms with E-state index in [-0.39, 0.29) is 0 Å². The molecule has 0 aliphatic heterocycles. The molecule has 0 heterocycles. The van der Waals surface area contributed by atoms with E-state index in [0.717, 1.165) is 13.0 Å². The van der Waals surface area contributed by atoms with Crippen LogP contribution in [0.15, 0.2) is 12.7 Å². The summed E-state index contributed by atoms with van der Waals surface area (Å²) >= 11 is 0. The molecule has 1 atom stereocenters. The van der Waals surface area contributed by atoms with Gasteiger partial charge in [0.2, 0.25) is 0 Å². The number of hydrogen-bond donors (Lipinski definition) is 2. The maximum atomic E-state index is 10.8. The minimum atomic E-state index is -3.97. The lowest BCUT2D eigenvalue weighted by atomic mass is 10.2. The van der Waals surface area contributed by atoms with Crippen molar-refractivity contribution in [2.75, 3.05) is 20.6 Å². The first-order chi connectivity index (χ1) is 5.88. The molecule has 0 saturated heterocycles. The van der Waals surface area contributed by atoms with Gasteiger partial charge in [-0.05, 0) is 33.5 Å². The van der Waals surface area contributed by atoms with Gasteiger partial charge in [0.1, 0.15) is 0 Å². The Morgan fingerprint density at radius 1 is 1.54 bits per heavy atom. The van der Waals surface area contributed by atoms with E-state index >= 15 is 0 Å². The van der Waals surface area contributed by atoms with Gasteiger partial charge in [-0.15, -0.1) is 6.58 Å². The second-order valence-corrected chi connectivity index (χ2v) is 5.18. The number of rotatable bonds is 6. The fraction of sp³-hybridized carbons (Fsp3) is 0.750. The molecule has 5 heteroatoms. The van der Waals surface area contributed by atoms with E-state index in [1.807, 2.05) is 19.0 Å². The number of nitrogens with zero attached hydrogens (tertiary/aromatic N) is 1. The molecule has 0 spiro atoms. The average molecular weight is 207 g/mol. The number of hydrogen-bond acceptors (Lipinski definition) is 2. The zero-order chi connectivity index (χ0) is 10.5. The molecule has 0 aliphatic carbocycles. The van der Waals surface area contributed by atoms with Crippen molar-refractivity contribution in [2.24, 2.45) is 0 Å². The maximum Gasteiger partial charge on any atom is 0.332 e. The van der Waals surface area contributed by atoms with E-state index in [4.69, 9.17) is 9.79 Å². The van der Waals surface area contributed by atoms with Crippen molar-refractivity contribution in [1.82, 2.24) is 4.90 Å². The first-order valence-electron chi connectivity index (χ1n) is 4.20. The van der Waals surface area contributed by atoms with Crippen LogP contribution in [0.1, 0.15) is 12.8 Å². The third kappa shape index (κ3) is 5.99. The zero-order valence-electron chi connectivity index (χ0n) is 8.18. The van der Waals surface area contributed by atoms with Crippen LogP contribution in [0.25, 0.3) is 0 Å². The fourth-order valence-electron chi connectivity index (χ4n) is 1.04. The van der Waals surface area contributed by atoms with Crippen LogP contribution in [-0.4, -0.2) is 41.0 Å². The van der Waals surface area contributed by atoms with Gasteiger partial charge < -0.3 is 14.7 Å². The van der Waals surface area contributed by atoms with Gasteiger partial charge in [0, 0.05) is 0 Å². The summed E-state index contributed by atoms with van der Waals surface area (Å²) in [4.78, 5) is 19.7. The highest BCUT2D eigenvalue weighted by molar-refractivity contribution is 7.52. The lowest BCUT2D eigenvalue weighted by Crippen LogP contribution is -2.15. The third-order valence-electron chi connectivity index (χ3n) is 1.81. The van der Waals surface area contributed by atoms with Crippen LogP contribution in [0.5, 0.6) is 0 Å². The molecule has 0 rings (SSSR count). The summed E-state index contributed by atoms with van der Waals surface area (Å²) in [6.45, 7) is 4.26. The van der Waals surface area contributed by atoms with E-state index in [2.05, 4.69) is 6.58 Å². The summed E-state index contributed by atoms with van der Waals surface area (Å²) in [5, 5.41) is 0. The van der Waals surface area contributed by atoms with E-state index < -0.39 is 13.3 Å². The summed E-state index contributed by atoms with van der Waals surface area (Å²) in [5.74, 6) is 0. The molecule has 0 aromatic rings. The Morgan fingerprint density at radius 2 is 2.08 bits per heavy atom. The molecule has 0 aromatic carbocycles. The van der Waals surface area contributed by atoms with Crippen LogP contribution in [0.4, 0.5) is 0 Å². The van der Waals surface area contributed by atoms with Gasteiger partial charge in [-0.2, -0.15) is 0 Å². The molecule has 4 nitrogen and oxygen atoms in total. The largest absolute Gasteiger partial charge is 0.332 e. The van der Waals surface area contributed by atoms with Gasteiger partial charge in [-0.3, -0.25) is 4.57 Å². The van der Waals surface area contributed by atoms with Gasteiger partial charge in [0.05, 0.1) is 5.66 Å². The molecule has 0 aliphatic rings. The van der Waals surface area contributed by atoms with Crippen LogP contribution < -0.4 is 0 Å². The van der Waals surface area contributed by atoms with E-state index in [1.54, 1.807) is 0 Å². The maximum absolute atomic E-state index is 10.8. The Hall–Kier alpha value is -0.150. The molecule has 13 heavy (non-hydrogen) atoms. The van der Waals surface area contributed by atoms with Crippen LogP contribution >= 0.6 is 7.60 Å². The predicted molar refractivity (Wildman–Crippen MR) is 53.8 cm³/mol. The van der Waals surface area contributed by atoms with Crippen molar-refractivity contribution in [3.8, 4) is 0 Å². The standard InChI is InChI=1S/C8H18NO3P/c1-4-8(13(10,11)12)6-5-7-9(2)3/h4,8H,1,5-7H2,2-3H3,(H2,10,11,12). The van der Waals surface area contributed by atoms with Crippen LogP contribution in [0.2, 0.25) is 0 Å². The average Bonchev–Trinajstić information content (AvgIpc) is 1.95. The molecular formula is C8H18NO3P. The Bertz CT molecular complexity index is 200. The highest BCUT2D eigenvalue weighted by Gasteiger charge is 2.24. The van der Waals surface area contributed by atoms with Crippen molar-refractivity contribution in [3.05, 3.63) is 12.7 Å². The molecule has 1 unspecified atom stereocenters. The normalized spacial score (nSPS) is 14.5. The Kier molecular flexibility index (Phi) is 5.49. The highest BCUT2D eigenvalue weighted by atomic mass is 31.2. The van der Waals surface area contributed by atoms with Gasteiger partial charge in [-0.1, -0.05) is 6.08 Å². The molecule has 0 aromatic heterocycles. The van der Waals surface area contributed by atoms with Crippen LogP contribution in [-0.2, 0) is 4.57 Å². The quantitative estimate of drug-likeness (QED) is 0.505. The first kappa shape index (κ1) is 12.8. The molecule has 78 valence electrons. The van der Waals surface area contributed by atoms with E-state index in [1.165, 1.54) is 6.08 Å². The molecule has 0 amide bonds. The van der Waals surface area contributed by atoms with Gasteiger partial charge in [0.15, 0.2) is 0 Å². The monoisotopic (exact) mass is 207 g/mol. The Morgan fingerprint density at radius 3 is 2.38 bits per heavy atom. The summed E-state index contributed by atoms with van der Waals surface area (Å²) in [6.07, 6.45) is 2.61. The van der Waals surface area contributed by atoms with Crippen molar-refractivity contribution < 1.29 is 14.4 Å². The topological polar surface area (TPSA) is 60.8 Å². The molecule has 0 radical (unpaired) electrons. The second kappa shape index (κ2) is 5.55. The van der Waals surface area contributed by atoms with Gasteiger partial charge in [-0.25, -0.2) is 0 Å². The van der Waals surface area contributed by atoms with Gasteiger partial charge in [0.25, 0.3) is 0 Å². The molecular weight excluding hydrogens is 189 g/mol. The van der Waals surface area contributed by atoms with Crippen molar-refractivity contribution >= 4 is 7.60 Å². The third-order valence-corrected chi connectivity index (χ3v) is 3.14. The lowest BCUT2D eigenvalue weighted by Gasteiger charge is -2.15. The summed E-state index contributed by atoms with van der Waals surface area (Å²) in [5.41, 5.74) is -0.688. The number of allylic oxidation sites excluding steroid dienone is 1. The highest BCUT2D eigenvalue weighted by Crippen LogP contribution is 2.43. The first-order valence-corrected chi connectivity index (χ1v) is 5.88. The lowest BCUT2D eigenvalue weighted by molar-refractivity contribution is 0.353. The molecule has 2 N–H and O–H groups in total. The minimum Gasteiger partial charge on any atom is -0.324 e. The van der Waals surface area contributed by atoms with Crippen molar-refractivity contribution in [3.63, 3.8) is 0 Å². The van der Waals surface area contributed by atoms with Crippen molar-refractivity contribution in [1.29, 1.82) is 0 Å². The van der Waals surface area contributed by atoms with Crippen LogP contribution in [0, 0.1) is 0 Å². The van der Waals surface area contributed by atoms with Crippen molar-refractivity contribution in [2.45, 2.75) is 18.5 Å². The predicted octanol–water partition coefficient (Wildman–Crippen LogP) is 1.06. The smallest absolute Gasteiger partial charge is 0.324 e. The SMILES string of the molecule is C=CC(CCCN(C)C)P(=O)(O)O. The summed E-state index contributed by atoms with van der Waals surface area (Å²) < 4.78 is 10.8.